The van der Waals surface area contributed by atoms with Crippen LogP contribution in [0.25, 0.3) is 0 Å². The first-order valence-corrected chi connectivity index (χ1v) is 9.27. The van der Waals surface area contributed by atoms with Gasteiger partial charge >= 0.3 is 0 Å². The van der Waals surface area contributed by atoms with Gasteiger partial charge in [-0.3, -0.25) is 0 Å². The van der Waals surface area contributed by atoms with Gasteiger partial charge in [0, 0.05) is 29.2 Å². The minimum Gasteiger partial charge on any atom is -0.454 e. The molecule has 0 saturated carbocycles. The number of anilines is 4. The molecule has 1 aliphatic heterocycles. The van der Waals surface area contributed by atoms with Crippen molar-refractivity contribution in [3.63, 3.8) is 0 Å². The maximum absolute atomic E-state index is 5.43. The third-order valence-corrected chi connectivity index (χ3v) is 4.51. The zero-order valence-electron chi connectivity index (χ0n) is 16.5. The summed E-state index contributed by atoms with van der Waals surface area (Å²) in [5, 5.41) is 6.59. The van der Waals surface area contributed by atoms with Crippen molar-refractivity contribution in [2.45, 2.75) is 33.1 Å². The number of nitrogens with zero attached hydrogens (tertiary/aromatic N) is 2. The van der Waals surface area contributed by atoms with Crippen molar-refractivity contribution >= 4 is 23.1 Å². The summed E-state index contributed by atoms with van der Waals surface area (Å²) in [6.07, 6.45) is 0. The van der Waals surface area contributed by atoms with Gasteiger partial charge < -0.3 is 20.1 Å². The third kappa shape index (κ3) is 4.01. The standard InChI is InChI=1S/C22H24N4O2/c1-14-11-20(24-17-9-10-18-19(12-17)28-13-27-18)26-21(23-14)25-16-7-5-15(6-8-16)22(2,3)4/h5-12H,13H2,1-4H3,(H2,23,24,25,26). The average Bonchev–Trinajstić information content (AvgIpc) is 3.08. The van der Waals surface area contributed by atoms with Gasteiger partial charge in [-0.1, -0.05) is 32.9 Å². The zero-order valence-corrected chi connectivity index (χ0v) is 16.5. The zero-order chi connectivity index (χ0) is 19.7. The summed E-state index contributed by atoms with van der Waals surface area (Å²) in [5.74, 6) is 2.74. The molecule has 2 heterocycles. The van der Waals surface area contributed by atoms with Crippen LogP contribution in [-0.2, 0) is 5.41 Å². The van der Waals surface area contributed by atoms with Crippen molar-refractivity contribution in [2.24, 2.45) is 0 Å². The maximum Gasteiger partial charge on any atom is 0.231 e. The molecule has 3 aromatic rings. The molecule has 1 aromatic heterocycles. The van der Waals surface area contributed by atoms with Crippen LogP contribution in [0.1, 0.15) is 32.0 Å². The normalized spacial score (nSPS) is 12.7. The highest BCUT2D eigenvalue weighted by atomic mass is 16.7. The van der Waals surface area contributed by atoms with E-state index in [1.54, 1.807) is 0 Å². The Morgan fingerprint density at radius 3 is 2.29 bits per heavy atom. The lowest BCUT2D eigenvalue weighted by molar-refractivity contribution is 0.174. The Bertz CT molecular complexity index is 994. The Morgan fingerprint density at radius 2 is 1.54 bits per heavy atom. The number of ether oxygens (including phenoxy) is 2. The Kier molecular flexibility index (Phi) is 4.55. The fourth-order valence-electron chi connectivity index (χ4n) is 2.99. The van der Waals surface area contributed by atoms with E-state index in [0.717, 1.165) is 28.6 Å². The highest BCUT2D eigenvalue weighted by Gasteiger charge is 2.14. The fraction of sp³-hybridized carbons (Fsp3) is 0.273. The van der Waals surface area contributed by atoms with Gasteiger partial charge in [0.1, 0.15) is 5.82 Å². The molecule has 6 nitrogen and oxygen atoms in total. The van der Waals surface area contributed by atoms with Crippen molar-refractivity contribution in [1.82, 2.24) is 9.97 Å². The summed E-state index contributed by atoms with van der Waals surface area (Å²) < 4.78 is 10.8. The molecule has 6 heteroatoms. The number of aryl methyl sites for hydroxylation is 1. The number of fused-ring (bicyclic) bond motifs is 1. The van der Waals surface area contributed by atoms with Crippen LogP contribution >= 0.6 is 0 Å². The molecular weight excluding hydrogens is 352 g/mol. The van der Waals surface area contributed by atoms with Crippen LogP contribution in [-0.4, -0.2) is 16.8 Å². The molecule has 0 bridgehead atoms. The minimum atomic E-state index is 0.125. The summed E-state index contributed by atoms with van der Waals surface area (Å²) in [6.45, 7) is 8.81. The van der Waals surface area contributed by atoms with Gasteiger partial charge in [-0.15, -0.1) is 0 Å². The molecule has 0 spiro atoms. The molecule has 144 valence electrons. The van der Waals surface area contributed by atoms with E-state index in [2.05, 4.69) is 65.6 Å². The molecule has 2 N–H and O–H groups in total. The smallest absolute Gasteiger partial charge is 0.231 e. The second-order valence-electron chi connectivity index (χ2n) is 7.86. The van der Waals surface area contributed by atoms with Gasteiger partial charge in [0.25, 0.3) is 0 Å². The topological polar surface area (TPSA) is 68.3 Å². The Balaban J connectivity index is 1.52. The van der Waals surface area contributed by atoms with Crippen LogP contribution < -0.4 is 20.1 Å². The average molecular weight is 376 g/mol. The highest BCUT2D eigenvalue weighted by Crippen LogP contribution is 2.35. The summed E-state index contributed by atoms with van der Waals surface area (Å²) in [5.41, 5.74) is 4.11. The quantitative estimate of drug-likeness (QED) is 0.644. The number of hydrogen-bond acceptors (Lipinski definition) is 6. The van der Waals surface area contributed by atoms with E-state index in [0.29, 0.717) is 11.8 Å². The van der Waals surface area contributed by atoms with Crippen LogP contribution in [0.15, 0.2) is 48.5 Å². The molecule has 4 rings (SSSR count). The van der Waals surface area contributed by atoms with E-state index in [1.165, 1.54) is 5.56 Å². The van der Waals surface area contributed by atoms with E-state index < -0.39 is 0 Å². The molecule has 0 fully saturated rings. The van der Waals surface area contributed by atoms with Crippen LogP contribution in [0.4, 0.5) is 23.1 Å². The summed E-state index contributed by atoms with van der Waals surface area (Å²) in [7, 11) is 0. The summed E-state index contributed by atoms with van der Waals surface area (Å²) in [6, 6.07) is 16.0. The first-order valence-electron chi connectivity index (χ1n) is 9.27. The lowest BCUT2D eigenvalue weighted by Gasteiger charge is -2.19. The summed E-state index contributed by atoms with van der Waals surface area (Å²) >= 11 is 0. The van der Waals surface area contributed by atoms with Crippen molar-refractivity contribution in [3.05, 3.63) is 59.8 Å². The molecule has 2 aromatic carbocycles. The molecule has 28 heavy (non-hydrogen) atoms. The Morgan fingerprint density at radius 1 is 0.821 bits per heavy atom. The summed E-state index contributed by atoms with van der Waals surface area (Å²) in [4.78, 5) is 9.08. The molecular formula is C22H24N4O2. The minimum absolute atomic E-state index is 0.125. The van der Waals surface area contributed by atoms with E-state index >= 15 is 0 Å². The van der Waals surface area contributed by atoms with Crippen LogP contribution in [0.5, 0.6) is 11.5 Å². The number of nitrogens with one attached hydrogen (secondary N) is 2. The number of rotatable bonds is 4. The third-order valence-electron chi connectivity index (χ3n) is 4.51. The molecule has 0 saturated heterocycles. The molecule has 0 amide bonds. The highest BCUT2D eigenvalue weighted by molar-refractivity contribution is 5.63. The van der Waals surface area contributed by atoms with Gasteiger partial charge in [0.05, 0.1) is 0 Å². The van der Waals surface area contributed by atoms with E-state index in [1.807, 2.05) is 31.2 Å². The predicted molar refractivity (Wildman–Crippen MR) is 111 cm³/mol. The first kappa shape index (κ1) is 18.1. The SMILES string of the molecule is Cc1cc(Nc2ccc3c(c2)OCO3)nc(Nc2ccc(C(C)(C)C)cc2)n1. The van der Waals surface area contributed by atoms with Gasteiger partial charge in [0.15, 0.2) is 11.5 Å². The van der Waals surface area contributed by atoms with E-state index in [9.17, 15) is 0 Å². The number of hydrogen-bond donors (Lipinski definition) is 2. The van der Waals surface area contributed by atoms with E-state index in [4.69, 9.17) is 9.47 Å². The second kappa shape index (κ2) is 7.03. The van der Waals surface area contributed by atoms with Crippen molar-refractivity contribution < 1.29 is 9.47 Å². The van der Waals surface area contributed by atoms with Gasteiger partial charge in [-0.2, -0.15) is 4.98 Å². The van der Waals surface area contributed by atoms with Crippen LogP contribution in [0.2, 0.25) is 0 Å². The fourth-order valence-corrected chi connectivity index (χ4v) is 2.99. The van der Waals surface area contributed by atoms with Gasteiger partial charge in [-0.05, 0) is 42.2 Å². The number of benzene rings is 2. The van der Waals surface area contributed by atoms with Gasteiger partial charge in [0.2, 0.25) is 12.7 Å². The lowest BCUT2D eigenvalue weighted by Crippen LogP contribution is -2.10. The maximum atomic E-state index is 5.43. The molecule has 0 radical (unpaired) electrons. The number of aromatic nitrogens is 2. The van der Waals surface area contributed by atoms with Crippen molar-refractivity contribution in [1.29, 1.82) is 0 Å². The molecule has 0 unspecified atom stereocenters. The van der Waals surface area contributed by atoms with Crippen LogP contribution in [0, 0.1) is 6.92 Å². The van der Waals surface area contributed by atoms with Crippen molar-refractivity contribution in [3.8, 4) is 11.5 Å². The molecule has 1 aliphatic rings. The van der Waals surface area contributed by atoms with E-state index in [-0.39, 0.29) is 12.2 Å². The monoisotopic (exact) mass is 376 g/mol. The van der Waals surface area contributed by atoms with Crippen molar-refractivity contribution in [2.75, 3.05) is 17.4 Å². The second-order valence-corrected chi connectivity index (χ2v) is 7.86. The lowest BCUT2D eigenvalue weighted by atomic mass is 9.87. The van der Waals surface area contributed by atoms with Crippen LogP contribution in [0.3, 0.4) is 0 Å². The largest absolute Gasteiger partial charge is 0.454 e. The Labute approximate surface area is 164 Å². The Hall–Kier alpha value is -3.28. The molecule has 0 aliphatic carbocycles. The molecule has 0 atom stereocenters. The first-order chi connectivity index (χ1) is 13.4. The van der Waals surface area contributed by atoms with Gasteiger partial charge in [-0.25, -0.2) is 4.98 Å². The predicted octanol–water partition coefficient (Wildman–Crippen LogP) is 5.30.